The lowest BCUT2D eigenvalue weighted by atomic mass is 9.99. The zero-order chi connectivity index (χ0) is 14.1. The van der Waals surface area contributed by atoms with Crippen molar-refractivity contribution < 1.29 is 14.7 Å². The summed E-state index contributed by atoms with van der Waals surface area (Å²) in [6.45, 7) is 6.51. The number of amides is 1. The Labute approximate surface area is 109 Å². The van der Waals surface area contributed by atoms with E-state index in [0.717, 1.165) is 12.8 Å². The first-order valence-corrected chi connectivity index (χ1v) is 6.63. The van der Waals surface area contributed by atoms with E-state index in [-0.39, 0.29) is 18.2 Å². The van der Waals surface area contributed by atoms with Crippen molar-refractivity contribution in [3.05, 3.63) is 0 Å². The Balaban J connectivity index is 3.76. The number of rotatable bonds is 9. The maximum absolute atomic E-state index is 11.7. The lowest BCUT2D eigenvalue weighted by molar-refractivity contribution is -0.137. The van der Waals surface area contributed by atoms with Crippen LogP contribution in [-0.4, -0.2) is 29.6 Å². The summed E-state index contributed by atoms with van der Waals surface area (Å²) in [6.07, 6.45) is 2.49. The molecule has 0 spiro atoms. The number of aliphatic carboxylic acids is 1. The fourth-order valence-corrected chi connectivity index (χ4v) is 1.59. The molecule has 2 unspecified atom stereocenters. The molecule has 18 heavy (non-hydrogen) atoms. The Morgan fingerprint density at radius 2 is 1.89 bits per heavy atom. The third kappa shape index (κ3) is 7.27. The third-order valence-corrected chi connectivity index (χ3v) is 3.35. The van der Waals surface area contributed by atoms with Crippen molar-refractivity contribution in [2.75, 3.05) is 6.54 Å². The van der Waals surface area contributed by atoms with Crippen LogP contribution in [0.3, 0.4) is 0 Å². The number of hydrogen-bond donors (Lipinski definition) is 3. The monoisotopic (exact) mass is 258 g/mol. The molecule has 3 atom stereocenters. The molecule has 0 aliphatic rings. The molecule has 0 saturated carbocycles. The smallest absolute Gasteiger partial charge is 0.303 e. The minimum atomic E-state index is -0.773. The van der Waals surface area contributed by atoms with Gasteiger partial charge in [-0.1, -0.05) is 27.2 Å². The molecule has 4 N–H and O–H groups in total. The number of carboxylic acids is 1. The van der Waals surface area contributed by atoms with E-state index in [1.165, 1.54) is 0 Å². The third-order valence-electron chi connectivity index (χ3n) is 3.35. The van der Waals surface area contributed by atoms with Gasteiger partial charge < -0.3 is 16.2 Å². The van der Waals surface area contributed by atoms with Crippen LogP contribution in [-0.2, 0) is 9.59 Å². The number of nitrogens with one attached hydrogen (secondary N) is 1. The zero-order valence-electron chi connectivity index (χ0n) is 11.6. The van der Waals surface area contributed by atoms with Gasteiger partial charge in [-0.3, -0.25) is 9.59 Å². The van der Waals surface area contributed by atoms with Crippen LogP contribution in [0.4, 0.5) is 0 Å². The minimum absolute atomic E-state index is 0.116. The van der Waals surface area contributed by atoms with Crippen LogP contribution in [0.25, 0.3) is 0 Å². The van der Waals surface area contributed by atoms with E-state index in [1.807, 2.05) is 20.8 Å². The highest BCUT2D eigenvalue weighted by molar-refractivity contribution is 5.81. The Hall–Kier alpha value is -1.10. The van der Waals surface area contributed by atoms with E-state index in [2.05, 4.69) is 5.32 Å². The molecule has 5 heteroatoms. The van der Waals surface area contributed by atoms with Crippen LogP contribution in [0, 0.1) is 11.8 Å². The van der Waals surface area contributed by atoms with Crippen LogP contribution in [0.1, 0.15) is 46.5 Å². The molecule has 0 radical (unpaired) electrons. The number of carboxylic acid groups (broad SMARTS) is 1. The zero-order valence-corrected chi connectivity index (χ0v) is 11.6. The maximum Gasteiger partial charge on any atom is 0.303 e. The highest BCUT2D eigenvalue weighted by Gasteiger charge is 2.18. The van der Waals surface area contributed by atoms with Crippen LogP contribution in [0.15, 0.2) is 0 Å². The van der Waals surface area contributed by atoms with E-state index in [4.69, 9.17) is 10.8 Å². The minimum Gasteiger partial charge on any atom is -0.481 e. The molecule has 0 heterocycles. The van der Waals surface area contributed by atoms with E-state index in [0.29, 0.717) is 18.9 Å². The second-order valence-electron chi connectivity index (χ2n) is 5.03. The van der Waals surface area contributed by atoms with Crippen molar-refractivity contribution in [1.29, 1.82) is 0 Å². The topological polar surface area (TPSA) is 92.4 Å². The van der Waals surface area contributed by atoms with E-state index in [1.54, 1.807) is 0 Å². The van der Waals surface area contributed by atoms with Gasteiger partial charge in [0.25, 0.3) is 0 Å². The van der Waals surface area contributed by atoms with Crippen LogP contribution >= 0.6 is 0 Å². The standard InChI is InChI=1S/C13H26N2O3/c1-4-10(3)12(14)13(18)15-8-7-9(2)5-6-11(16)17/h9-10,12H,4-8,14H2,1-3H3,(H,15,18)(H,16,17)/t9?,10?,12-/m1/s1. The Morgan fingerprint density at radius 3 is 2.39 bits per heavy atom. The highest BCUT2D eigenvalue weighted by Crippen LogP contribution is 2.09. The predicted octanol–water partition coefficient (Wildman–Crippen LogP) is 1.37. The molecule has 0 fully saturated rings. The van der Waals surface area contributed by atoms with E-state index < -0.39 is 12.0 Å². The summed E-state index contributed by atoms with van der Waals surface area (Å²) >= 11 is 0. The Kier molecular flexibility index (Phi) is 8.37. The first-order valence-electron chi connectivity index (χ1n) is 6.63. The molecule has 0 aromatic heterocycles. The molecule has 0 aromatic rings. The molecule has 1 amide bonds. The van der Waals surface area contributed by atoms with Crippen molar-refractivity contribution in [3.8, 4) is 0 Å². The van der Waals surface area contributed by atoms with Gasteiger partial charge in [0.05, 0.1) is 6.04 Å². The summed E-state index contributed by atoms with van der Waals surface area (Å²) in [5, 5.41) is 11.4. The Bertz CT molecular complexity index is 269. The first-order chi connectivity index (χ1) is 8.38. The molecule has 0 saturated heterocycles. The second-order valence-corrected chi connectivity index (χ2v) is 5.03. The normalized spacial score (nSPS) is 15.8. The number of carbonyl (C=O) groups is 2. The summed E-state index contributed by atoms with van der Waals surface area (Å²) in [4.78, 5) is 22.1. The van der Waals surface area contributed by atoms with Gasteiger partial charge in [0.15, 0.2) is 0 Å². The first kappa shape index (κ1) is 16.9. The average molecular weight is 258 g/mol. The number of hydrogen-bond acceptors (Lipinski definition) is 3. The molecule has 0 aliphatic heterocycles. The van der Waals surface area contributed by atoms with Gasteiger partial charge in [-0.25, -0.2) is 0 Å². The van der Waals surface area contributed by atoms with Gasteiger partial charge in [-0.05, 0) is 24.7 Å². The van der Waals surface area contributed by atoms with Crippen LogP contribution < -0.4 is 11.1 Å². The molecule has 0 aliphatic carbocycles. The van der Waals surface area contributed by atoms with Crippen molar-refractivity contribution in [3.63, 3.8) is 0 Å². The summed E-state index contributed by atoms with van der Waals surface area (Å²) in [7, 11) is 0. The van der Waals surface area contributed by atoms with Gasteiger partial charge in [0.1, 0.15) is 0 Å². The van der Waals surface area contributed by atoms with Crippen molar-refractivity contribution >= 4 is 11.9 Å². The molecule has 5 nitrogen and oxygen atoms in total. The van der Waals surface area contributed by atoms with Crippen LogP contribution in [0.2, 0.25) is 0 Å². The maximum atomic E-state index is 11.7. The molecule has 106 valence electrons. The largest absolute Gasteiger partial charge is 0.481 e. The Morgan fingerprint density at radius 1 is 1.28 bits per heavy atom. The van der Waals surface area contributed by atoms with Gasteiger partial charge >= 0.3 is 5.97 Å². The van der Waals surface area contributed by atoms with Gasteiger partial charge in [-0.2, -0.15) is 0 Å². The fourth-order valence-electron chi connectivity index (χ4n) is 1.59. The average Bonchev–Trinajstić information content (AvgIpc) is 2.34. The highest BCUT2D eigenvalue weighted by atomic mass is 16.4. The summed E-state index contributed by atoms with van der Waals surface area (Å²) < 4.78 is 0. The second kappa shape index (κ2) is 8.91. The lowest BCUT2D eigenvalue weighted by Gasteiger charge is -2.18. The molecular formula is C13H26N2O3. The number of carbonyl (C=O) groups excluding carboxylic acids is 1. The SMILES string of the molecule is CCC(C)[C@@H](N)C(=O)NCCC(C)CCC(=O)O. The summed E-state index contributed by atoms with van der Waals surface area (Å²) in [5.41, 5.74) is 5.80. The molecular weight excluding hydrogens is 232 g/mol. The van der Waals surface area contributed by atoms with Crippen molar-refractivity contribution in [1.82, 2.24) is 5.32 Å². The van der Waals surface area contributed by atoms with Crippen LogP contribution in [0.5, 0.6) is 0 Å². The van der Waals surface area contributed by atoms with Gasteiger partial charge in [-0.15, -0.1) is 0 Å². The van der Waals surface area contributed by atoms with E-state index in [9.17, 15) is 9.59 Å². The van der Waals surface area contributed by atoms with E-state index >= 15 is 0 Å². The lowest BCUT2D eigenvalue weighted by Crippen LogP contribution is -2.45. The van der Waals surface area contributed by atoms with Crippen molar-refractivity contribution in [2.24, 2.45) is 17.6 Å². The molecule has 0 rings (SSSR count). The van der Waals surface area contributed by atoms with Crippen molar-refractivity contribution in [2.45, 2.75) is 52.5 Å². The quantitative estimate of drug-likeness (QED) is 0.582. The summed E-state index contributed by atoms with van der Waals surface area (Å²) in [5.74, 6) is -0.421. The fraction of sp³-hybridized carbons (Fsp3) is 0.846. The van der Waals surface area contributed by atoms with Gasteiger partial charge in [0.2, 0.25) is 5.91 Å². The molecule has 0 aromatic carbocycles. The van der Waals surface area contributed by atoms with Gasteiger partial charge in [0, 0.05) is 13.0 Å². The molecule has 0 bridgehead atoms. The predicted molar refractivity (Wildman–Crippen MR) is 71.1 cm³/mol. The summed E-state index contributed by atoms with van der Waals surface area (Å²) in [6, 6.07) is -0.454. The number of nitrogens with two attached hydrogens (primary N) is 1.